The van der Waals surface area contributed by atoms with E-state index in [4.69, 9.17) is 4.74 Å². The van der Waals surface area contributed by atoms with Gasteiger partial charge < -0.3 is 9.84 Å². The van der Waals surface area contributed by atoms with Gasteiger partial charge >= 0.3 is 5.97 Å². The molecule has 4 rings (SSSR count). The van der Waals surface area contributed by atoms with Crippen LogP contribution in [0.4, 0.5) is 0 Å². The largest absolute Gasteiger partial charge is 0.427 e. The van der Waals surface area contributed by atoms with Crippen molar-refractivity contribution in [3.8, 4) is 0 Å². The van der Waals surface area contributed by atoms with Crippen LogP contribution in [0.2, 0.25) is 0 Å². The fourth-order valence-electron chi connectivity index (χ4n) is 12.2. The maximum atomic E-state index is 13.2. The van der Waals surface area contributed by atoms with Crippen LogP contribution in [-0.2, 0) is 9.53 Å². The molecule has 2 fully saturated rings. The maximum absolute atomic E-state index is 13.2. The van der Waals surface area contributed by atoms with Gasteiger partial charge in [-0.15, -0.1) is 0 Å². The predicted octanol–water partition coefficient (Wildman–Crippen LogP) is 15.4. The molecule has 8 atom stereocenters. The predicted molar refractivity (Wildman–Crippen MR) is 231 cm³/mol. The monoisotopic (exact) mass is 749 g/mol. The number of rotatable bonds is 27. The summed E-state index contributed by atoms with van der Waals surface area (Å²) in [7, 11) is 0. The van der Waals surface area contributed by atoms with E-state index in [-0.39, 0.29) is 11.4 Å². The summed E-state index contributed by atoms with van der Waals surface area (Å²) in [4.78, 5) is 13.2. The molecule has 0 bridgehead atoms. The van der Waals surface area contributed by atoms with E-state index in [1.807, 2.05) is 12.2 Å². The number of carbonyl (C=O) groups is 1. The molecule has 3 nitrogen and oxygen atoms in total. The van der Waals surface area contributed by atoms with Gasteiger partial charge in [0.2, 0.25) is 0 Å². The van der Waals surface area contributed by atoms with Gasteiger partial charge in [-0.2, -0.15) is 0 Å². The van der Waals surface area contributed by atoms with E-state index in [1.165, 1.54) is 166 Å². The van der Waals surface area contributed by atoms with Crippen LogP contribution in [0.5, 0.6) is 0 Å². The third-order valence-corrected chi connectivity index (χ3v) is 15.4. The lowest BCUT2D eigenvalue weighted by molar-refractivity contribution is -0.137. The molecule has 3 heteroatoms. The number of aliphatic hydroxyl groups is 1. The number of aliphatic hydroxyl groups excluding tert-OH is 1. The molecule has 310 valence electrons. The molecule has 0 aromatic carbocycles. The number of fused-ring (bicyclic) bond motifs is 5. The first-order valence-electron chi connectivity index (χ1n) is 24.1. The molecule has 2 saturated carbocycles. The molecule has 54 heavy (non-hydrogen) atoms. The van der Waals surface area contributed by atoms with E-state index >= 15 is 0 Å². The zero-order valence-electron chi connectivity index (χ0n) is 36.6. The molecule has 4 aliphatic carbocycles. The lowest BCUT2D eigenvalue weighted by atomic mass is 9.47. The molecule has 0 aromatic heterocycles. The van der Waals surface area contributed by atoms with Gasteiger partial charge in [0, 0.05) is 11.5 Å². The molecule has 0 unspecified atom stereocenters. The first-order chi connectivity index (χ1) is 26.1. The minimum atomic E-state index is -0.575. The summed E-state index contributed by atoms with van der Waals surface area (Å²) in [5.74, 6) is 4.73. The Morgan fingerprint density at radius 1 is 0.778 bits per heavy atom. The fourth-order valence-corrected chi connectivity index (χ4v) is 12.2. The van der Waals surface area contributed by atoms with Gasteiger partial charge in [-0.3, -0.25) is 0 Å². The van der Waals surface area contributed by atoms with Crippen molar-refractivity contribution in [3.63, 3.8) is 0 Å². The molecule has 1 N–H and O–H groups in total. The van der Waals surface area contributed by atoms with Crippen LogP contribution in [0, 0.1) is 46.3 Å². The standard InChI is InChI=1S/C51H88O3/c1-7-8-9-10-11-12-13-14-15-16-17-18-19-20-21-22-23-24-25-26-27-31-49(53)54-48-39-43(52)38-42-32-33-44-46-35-34-45(41(4)30-28-29-40(2)3)50(46,5)37-36-47(44)51(42,48)6/h27,31-32,39-41,43-47,52H,7-26,28-30,33-38H2,1-6H3/b31-27+/t41-,43+,44+,45-,46+,47+,50-,51+/m1/s1. The first-order valence-corrected chi connectivity index (χ1v) is 24.1. The van der Waals surface area contributed by atoms with Crippen molar-refractivity contribution in [1.82, 2.24) is 0 Å². The highest BCUT2D eigenvalue weighted by atomic mass is 16.5. The highest BCUT2D eigenvalue weighted by Gasteiger charge is 2.60. The number of ether oxygens (including phenoxy) is 1. The Hall–Kier alpha value is -1.35. The zero-order valence-corrected chi connectivity index (χ0v) is 36.6. The van der Waals surface area contributed by atoms with Gasteiger partial charge in [-0.25, -0.2) is 4.79 Å². The summed E-state index contributed by atoms with van der Waals surface area (Å²) in [5.41, 5.74) is 1.43. The lowest BCUT2D eigenvalue weighted by Crippen LogP contribution is -2.51. The van der Waals surface area contributed by atoms with Crippen molar-refractivity contribution in [3.05, 3.63) is 35.6 Å². The summed E-state index contributed by atoms with van der Waals surface area (Å²) < 4.78 is 6.22. The van der Waals surface area contributed by atoms with Crippen molar-refractivity contribution >= 4 is 5.97 Å². The average molecular weight is 749 g/mol. The Labute approximate surface area is 335 Å². The molecule has 0 aliphatic heterocycles. The van der Waals surface area contributed by atoms with Crippen molar-refractivity contribution in [2.75, 3.05) is 0 Å². The Balaban J connectivity index is 1.11. The van der Waals surface area contributed by atoms with Crippen molar-refractivity contribution in [2.45, 2.75) is 234 Å². The van der Waals surface area contributed by atoms with Crippen molar-refractivity contribution in [1.29, 1.82) is 0 Å². The summed E-state index contributed by atoms with van der Waals surface area (Å²) in [5, 5.41) is 10.9. The van der Waals surface area contributed by atoms with E-state index in [1.54, 1.807) is 6.08 Å². The topological polar surface area (TPSA) is 46.5 Å². The number of hydrogen-bond acceptors (Lipinski definition) is 3. The van der Waals surface area contributed by atoms with Gasteiger partial charge in [0.25, 0.3) is 0 Å². The van der Waals surface area contributed by atoms with E-state index in [2.05, 4.69) is 47.6 Å². The maximum Gasteiger partial charge on any atom is 0.335 e. The van der Waals surface area contributed by atoms with E-state index in [0.29, 0.717) is 23.7 Å². The van der Waals surface area contributed by atoms with Gasteiger partial charge in [0.1, 0.15) is 5.76 Å². The number of hydrogen-bond donors (Lipinski definition) is 1. The first kappa shape index (κ1) is 45.4. The van der Waals surface area contributed by atoms with E-state index in [0.717, 1.165) is 48.7 Å². The molecular weight excluding hydrogens is 661 g/mol. The lowest BCUT2D eigenvalue weighted by Gasteiger charge is -2.57. The van der Waals surface area contributed by atoms with Crippen LogP contribution in [0.1, 0.15) is 228 Å². The number of esters is 1. The SMILES string of the molecule is CCCCCCCCCCCCCCCCCCCCC/C=C/C(=O)OC1=C[C@@H](O)CC2=CC[C@@H]3[C@H](CC[C@]4(C)[C@@H]([C@H](C)CCCC(C)C)CC[C@@H]34)[C@]21C. The van der Waals surface area contributed by atoms with E-state index in [9.17, 15) is 9.90 Å². The molecule has 0 radical (unpaired) electrons. The van der Waals surface area contributed by atoms with Crippen LogP contribution in [0.25, 0.3) is 0 Å². The highest BCUT2D eigenvalue weighted by molar-refractivity contribution is 5.83. The molecule has 0 saturated heterocycles. The molecule has 0 amide bonds. The smallest absolute Gasteiger partial charge is 0.335 e. The van der Waals surface area contributed by atoms with Gasteiger partial charge in [0.05, 0.1) is 6.10 Å². The number of allylic oxidation sites excluding steroid dienone is 3. The highest BCUT2D eigenvalue weighted by Crippen LogP contribution is 2.67. The fraction of sp³-hybridized carbons (Fsp3) is 0.863. The number of unbranched alkanes of at least 4 members (excludes halogenated alkanes) is 19. The second-order valence-electron chi connectivity index (χ2n) is 19.9. The number of carbonyl (C=O) groups excluding carboxylic acids is 1. The molecule has 0 spiro atoms. The van der Waals surface area contributed by atoms with Gasteiger partial charge in [-0.05, 0) is 105 Å². The van der Waals surface area contributed by atoms with Gasteiger partial charge in [0.15, 0.2) is 0 Å². The van der Waals surface area contributed by atoms with E-state index < -0.39 is 6.10 Å². The summed E-state index contributed by atoms with van der Waals surface area (Å²) in [6.45, 7) is 14.5. The second kappa shape index (κ2) is 23.8. The van der Waals surface area contributed by atoms with Crippen LogP contribution < -0.4 is 0 Å². The van der Waals surface area contributed by atoms with Gasteiger partial charge in [-0.1, -0.05) is 187 Å². The van der Waals surface area contributed by atoms with Crippen molar-refractivity contribution in [2.24, 2.45) is 46.3 Å². The van der Waals surface area contributed by atoms with Crippen LogP contribution in [0.15, 0.2) is 35.6 Å². The second-order valence-corrected chi connectivity index (χ2v) is 19.9. The Bertz CT molecular complexity index is 1160. The Morgan fingerprint density at radius 2 is 1.35 bits per heavy atom. The summed E-state index contributed by atoms with van der Waals surface area (Å²) in [6, 6.07) is 0. The van der Waals surface area contributed by atoms with Crippen LogP contribution in [0.3, 0.4) is 0 Å². The third kappa shape index (κ3) is 13.1. The summed E-state index contributed by atoms with van der Waals surface area (Å²) in [6.07, 6.45) is 45.8. The normalized spacial score (nSPS) is 29.8. The molecular formula is C51H88O3. The third-order valence-electron chi connectivity index (χ3n) is 15.4. The minimum Gasteiger partial charge on any atom is -0.427 e. The Kier molecular flexibility index (Phi) is 20.0. The average Bonchev–Trinajstić information content (AvgIpc) is 3.50. The van der Waals surface area contributed by atoms with Crippen molar-refractivity contribution < 1.29 is 14.6 Å². The summed E-state index contributed by atoms with van der Waals surface area (Å²) >= 11 is 0. The molecule has 4 aliphatic rings. The molecule has 0 aromatic rings. The Morgan fingerprint density at radius 3 is 1.93 bits per heavy atom. The zero-order chi connectivity index (χ0) is 38.8. The minimum absolute atomic E-state index is 0.271. The quantitative estimate of drug-likeness (QED) is 0.0394. The van der Waals surface area contributed by atoms with Crippen LogP contribution >= 0.6 is 0 Å². The molecule has 0 heterocycles. The van der Waals surface area contributed by atoms with Crippen LogP contribution in [-0.4, -0.2) is 17.2 Å².